The maximum atomic E-state index is 11.1. The highest BCUT2D eigenvalue weighted by Gasteiger charge is 2.15. The Balaban J connectivity index is 1.75. The molecule has 0 fully saturated rings. The second-order valence-electron chi connectivity index (χ2n) is 5.76. The molecule has 3 rings (SSSR count). The van der Waals surface area contributed by atoms with Gasteiger partial charge in [-0.3, -0.25) is 4.79 Å². The predicted molar refractivity (Wildman–Crippen MR) is 93.0 cm³/mol. The maximum Gasteiger partial charge on any atom is 0.270 e. The normalized spacial score (nSPS) is 10.6. The van der Waals surface area contributed by atoms with Gasteiger partial charge in [0.1, 0.15) is 29.6 Å². The minimum atomic E-state index is -0.667. The lowest BCUT2D eigenvalue weighted by atomic mass is 10.1. The summed E-state index contributed by atoms with van der Waals surface area (Å²) in [6.07, 6.45) is 0.740. The van der Waals surface area contributed by atoms with Crippen LogP contribution >= 0.6 is 0 Å². The highest BCUT2D eigenvalue weighted by molar-refractivity contribution is 5.90. The van der Waals surface area contributed by atoms with Crippen LogP contribution in [0.25, 0.3) is 0 Å². The number of ether oxygens (including phenoxy) is 1. The van der Waals surface area contributed by atoms with Crippen molar-refractivity contribution in [1.29, 1.82) is 0 Å². The zero-order chi connectivity index (χ0) is 18.5. The van der Waals surface area contributed by atoms with Crippen molar-refractivity contribution in [3.63, 3.8) is 0 Å². The third kappa shape index (κ3) is 4.13. The van der Waals surface area contributed by atoms with Crippen molar-refractivity contribution < 1.29 is 24.3 Å². The third-order valence-corrected chi connectivity index (χ3v) is 3.84. The van der Waals surface area contributed by atoms with Gasteiger partial charge < -0.3 is 25.2 Å². The van der Waals surface area contributed by atoms with E-state index in [0.717, 1.165) is 5.56 Å². The number of carbonyl (C=O) groups is 1. The molecular weight excluding hydrogens is 336 g/mol. The number of benzene rings is 2. The summed E-state index contributed by atoms with van der Waals surface area (Å²) in [6.45, 7) is 0.296. The summed E-state index contributed by atoms with van der Waals surface area (Å²) in [4.78, 5) is 11.1. The molecule has 1 amide bonds. The molecule has 1 aromatic heterocycles. The second-order valence-corrected chi connectivity index (χ2v) is 5.76. The molecule has 0 atom stereocenters. The van der Waals surface area contributed by atoms with Crippen LogP contribution in [0, 0.1) is 0 Å². The molecule has 0 spiro atoms. The van der Waals surface area contributed by atoms with Crippen LogP contribution in [-0.2, 0) is 19.4 Å². The molecule has 0 bridgehead atoms. The van der Waals surface area contributed by atoms with E-state index >= 15 is 0 Å². The number of carbonyl (C=O) groups excluding carboxylic acids is 1. The topological polar surface area (TPSA) is 119 Å². The van der Waals surface area contributed by atoms with Gasteiger partial charge >= 0.3 is 0 Å². The summed E-state index contributed by atoms with van der Waals surface area (Å²) >= 11 is 0. The van der Waals surface area contributed by atoms with E-state index in [-0.39, 0.29) is 17.2 Å². The van der Waals surface area contributed by atoms with E-state index in [0.29, 0.717) is 36.5 Å². The van der Waals surface area contributed by atoms with Crippen molar-refractivity contribution in [1.82, 2.24) is 5.16 Å². The van der Waals surface area contributed by atoms with Crippen LogP contribution in [-0.4, -0.2) is 21.3 Å². The van der Waals surface area contributed by atoms with Gasteiger partial charge in [-0.05, 0) is 12.0 Å². The molecule has 0 aliphatic carbocycles. The molecule has 0 saturated heterocycles. The molecule has 0 saturated carbocycles. The highest BCUT2D eigenvalue weighted by Crippen LogP contribution is 2.34. The van der Waals surface area contributed by atoms with Gasteiger partial charge in [-0.1, -0.05) is 35.5 Å². The molecule has 0 aliphatic rings. The lowest BCUT2D eigenvalue weighted by Crippen LogP contribution is -2.10. The quantitative estimate of drug-likeness (QED) is 0.600. The number of hydrogen-bond acceptors (Lipinski definition) is 6. The van der Waals surface area contributed by atoms with Gasteiger partial charge in [-0.15, -0.1) is 0 Å². The Morgan fingerprint density at radius 2 is 1.88 bits per heavy atom. The van der Waals surface area contributed by atoms with Crippen LogP contribution in [0.15, 0.2) is 53.1 Å². The SMILES string of the molecule is NC(=O)c1cc(CCc2c(O)cc(O)cc2OCc2ccccc2)on1. The molecule has 7 nitrogen and oxygen atoms in total. The van der Waals surface area contributed by atoms with Gasteiger partial charge in [0.15, 0.2) is 5.69 Å². The number of phenolic OH excluding ortho intramolecular Hbond substituents is 2. The number of amides is 1. The van der Waals surface area contributed by atoms with E-state index in [9.17, 15) is 15.0 Å². The molecule has 1 heterocycles. The van der Waals surface area contributed by atoms with E-state index in [2.05, 4.69) is 5.16 Å². The van der Waals surface area contributed by atoms with Crippen molar-refractivity contribution in [2.75, 3.05) is 0 Å². The average Bonchev–Trinajstić information content (AvgIpc) is 3.09. The first kappa shape index (κ1) is 17.3. The lowest BCUT2D eigenvalue weighted by Gasteiger charge is -2.13. The Morgan fingerprint density at radius 3 is 2.58 bits per heavy atom. The summed E-state index contributed by atoms with van der Waals surface area (Å²) in [5.41, 5.74) is 6.68. The minimum Gasteiger partial charge on any atom is -0.508 e. The Morgan fingerprint density at radius 1 is 1.12 bits per heavy atom. The van der Waals surface area contributed by atoms with Crippen molar-refractivity contribution >= 4 is 5.91 Å². The average molecular weight is 354 g/mol. The second kappa shape index (κ2) is 7.60. The van der Waals surface area contributed by atoms with Gasteiger partial charge in [-0.2, -0.15) is 0 Å². The first-order valence-electron chi connectivity index (χ1n) is 8.00. The van der Waals surface area contributed by atoms with Crippen LogP contribution in [0.3, 0.4) is 0 Å². The predicted octanol–water partition coefficient (Wildman–Crippen LogP) is 2.55. The fraction of sp³-hybridized carbons (Fsp3) is 0.158. The van der Waals surface area contributed by atoms with Crippen molar-refractivity contribution in [2.45, 2.75) is 19.4 Å². The molecule has 7 heteroatoms. The van der Waals surface area contributed by atoms with Crippen LogP contribution in [0.1, 0.15) is 27.4 Å². The summed E-state index contributed by atoms with van der Waals surface area (Å²) in [5, 5.41) is 23.5. The van der Waals surface area contributed by atoms with Crippen LogP contribution < -0.4 is 10.5 Å². The summed E-state index contributed by atoms with van der Waals surface area (Å²) in [5.74, 6) is -0.00617. The van der Waals surface area contributed by atoms with Gasteiger partial charge in [-0.25, -0.2) is 0 Å². The standard InChI is InChI=1S/C19H18N2O5/c20-19(24)16-10-14(26-21-16)6-7-15-17(23)8-13(22)9-18(15)25-11-12-4-2-1-3-5-12/h1-5,8-10,22-23H,6-7,11H2,(H2,20,24). The maximum absolute atomic E-state index is 11.1. The van der Waals surface area contributed by atoms with Crippen LogP contribution in [0.5, 0.6) is 17.2 Å². The molecule has 3 aromatic rings. The Hall–Kier alpha value is -3.48. The first-order valence-corrected chi connectivity index (χ1v) is 8.00. The van der Waals surface area contributed by atoms with Crippen molar-refractivity contribution in [2.24, 2.45) is 5.73 Å². The number of hydrogen-bond donors (Lipinski definition) is 3. The first-order chi connectivity index (χ1) is 12.5. The van der Waals surface area contributed by atoms with Gasteiger partial charge in [0.05, 0.1) is 0 Å². The molecule has 2 aromatic carbocycles. The summed E-state index contributed by atoms with van der Waals surface area (Å²) in [7, 11) is 0. The molecule has 0 aliphatic heterocycles. The lowest BCUT2D eigenvalue weighted by molar-refractivity contribution is 0.0991. The van der Waals surface area contributed by atoms with Crippen LogP contribution in [0.4, 0.5) is 0 Å². The van der Waals surface area contributed by atoms with Gasteiger partial charge in [0.2, 0.25) is 0 Å². The molecule has 4 N–H and O–H groups in total. The zero-order valence-electron chi connectivity index (χ0n) is 13.9. The van der Waals surface area contributed by atoms with Gasteiger partial charge in [0.25, 0.3) is 5.91 Å². The third-order valence-electron chi connectivity index (χ3n) is 3.84. The van der Waals surface area contributed by atoms with Crippen LogP contribution in [0.2, 0.25) is 0 Å². The number of phenols is 2. The largest absolute Gasteiger partial charge is 0.508 e. The number of primary amides is 1. The fourth-order valence-corrected chi connectivity index (χ4v) is 2.53. The van der Waals surface area contributed by atoms with E-state index in [1.165, 1.54) is 18.2 Å². The molecule has 0 unspecified atom stereocenters. The molecule has 134 valence electrons. The molecule has 26 heavy (non-hydrogen) atoms. The Labute approximate surface area is 149 Å². The van der Waals surface area contributed by atoms with Crippen molar-refractivity contribution in [3.05, 3.63) is 71.1 Å². The summed E-state index contributed by atoms with van der Waals surface area (Å²) < 4.78 is 10.8. The molecule has 0 radical (unpaired) electrons. The van der Waals surface area contributed by atoms with Crippen molar-refractivity contribution in [3.8, 4) is 17.2 Å². The number of aromatic hydroxyl groups is 2. The number of aromatic nitrogens is 1. The molecular formula is C19H18N2O5. The fourth-order valence-electron chi connectivity index (χ4n) is 2.53. The van der Waals surface area contributed by atoms with E-state index in [1.54, 1.807) is 0 Å². The van der Waals surface area contributed by atoms with Gasteiger partial charge in [0, 0.05) is 30.2 Å². The highest BCUT2D eigenvalue weighted by atomic mass is 16.5. The number of rotatable bonds is 7. The van der Waals surface area contributed by atoms with E-state index < -0.39 is 5.91 Å². The number of aryl methyl sites for hydroxylation is 1. The van der Waals surface area contributed by atoms with E-state index in [4.69, 9.17) is 15.0 Å². The minimum absolute atomic E-state index is 0.0514. The smallest absolute Gasteiger partial charge is 0.270 e. The van der Waals surface area contributed by atoms with E-state index in [1.807, 2.05) is 30.3 Å². The zero-order valence-corrected chi connectivity index (χ0v) is 13.9. The Kier molecular flexibility index (Phi) is 5.07. The summed E-state index contributed by atoms with van der Waals surface area (Å²) in [6, 6.07) is 13.7. The Bertz CT molecular complexity index is 906. The number of nitrogens with zero attached hydrogens (tertiary/aromatic N) is 1. The number of nitrogens with two attached hydrogens (primary N) is 1. The monoisotopic (exact) mass is 354 g/mol.